The highest BCUT2D eigenvalue weighted by Crippen LogP contribution is 2.22. The fraction of sp³-hybridized carbons (Fsp3) is 0.176. The zero-order valence-corrected chi connectivity index (χ0v) is 12.1. The summed E-state index contributed by atoms with van der Waals surface area (Å²) < 4.78 is 13.0. The topological polar surface area (TPSA) is 63.8 Å². The molecule has 0 aliphatic carbocycles. The number of pyridine rings is 2. The molecule has 1 aromatic carbocycles. The van der Waals surface area contributed by atoms with Gasteiger partial charge in [0, 0.05) is 23.7 Å². The lowest BCUT2D eigenvalue weighted by Gasteiger charge is -2.07. The van der Waals surface area contributed by atoms with Gasteiger partial charge in [0.05, 0.1) is 11.2 Å². The van der Waals surface area contributed by atoms with E-state index in [1.54, 1.807) is 18.3 Å². The smallest absolute Gasteiger partial charge is 0.126 e. The number of hydrogen-bond donors (Lipinski definition) is 2. The van der Waals surface area contributed by atoms with Crippen LogP contribution in [-0.4, -0.2) is 23.1 Å². The van der Waals surface area contributed by atoms with Crippen molar-refractivity contribution in [3.05, 3.63) is 54.5 Å². The summed E-state index contributed by atoms with van der Waals surface area (Å²) in [7, 11) is 0. The van der Waals surface area contributed by atoms with Gasteiger partial charge in [-0.05, 0) is 55.4 Å². The van der Waals surface area contributed by atoms with Crippen LogP contribution >= 0.6 is 0 Å². The van der Waals surface area contributed by atoms with Crippen molar-refractivity contribution in [3.63, 3.8) is 0 Å². The highest BCUT2D eigenvalue weighted by atomic mass is 19.1. The molecule has 112 valence electrons. The summed E-state index contributed by atoms with van der Waals surface area (Å²) in [5.74, 6) is 0.561. The number of anilines is 1. The van der Waals surface area contributed by atoms with E-state index in [9.17, 15) is 4.39 Å². The fourth-order valence-corrected chi connectivity index (χ4v) is 2.21. The monoisotopic (exact) mass is 296 g/mol. The van der Waals surface area contributed by atoms with Crippen LogP contribution in [0.1, 0.15) is 6.42 Å². The molecule has 2 heterocycles. The number of nitrogens with one attached hydrogen (secondary N) is 1. The summed E-state index contributed by atoms with van der Waals surface area (Å²) in [4.78, 5) is 9.00. The predicted octanol–water partition coefficient (Wildman–Crippen LogP) is 3.20. The number of benzene rings is 1. The zero-order valence-electron chi connectivity index (χ0n) is 12.1. The molecule has 3 aromatic rings. The summed E-state index contributed by atoms with van der Waals surface area (Å²) in [5, 5.41) is 4.21. The van der Waals surface area contributed by atoms with Crippen LogP contribution in [0, 0.1) is 5.82 Å². The Morgan fingerprint density at radius 1 is 1.09 bits per heavy atom. The molecule has 0 saturated carbocycles. The van der Waals surface area contributed by atoms with E-state index in [1.165, 1.54) is 12.1 Å². The van der Waals surface area contributed by atoms with Crippen LogP contribution in [0.4, 0.5) is 10.2 Å². The third-order valence-corrected chi connectivity index (χ3v) is 3.40. The molecule has 5 heteroatoms. The number of nitrogens with two attached hydrogens (primary N) is 1. The van der Waals surface area contributed by atoms with Crippen molar-refractivity contribution in [2.45, 2.75) is 6.42 Å². The predicted molar refractivity (Wildman–Crippen MR) is 87.1 cm³/mol. The Morgan fingerprint density at radius 3 is 2.68 bits per heavy atom. The minimum absolute atomic E-state index is 0.256. The molecule has 22 heavy (non-hydrogen) atoms. The summed E-state index contributed by atoms with van der Waals surface area (Å²) in [5.41, 5.74) is 7.98. The number of halogens is 1. The van der Waals surface area contributed by atoms with Crippen LogP contribution in [0.15, 0.2) is 48.7 Å². The van der Waals surface area contributed by atoms with Crippen molar-refractivity contribution >= 4 is 16.7 Å². The van der Waals surface area contributed by atoms with Crippen molar-refractivity contribution in [1.29, 1.82) is 0 Å². The third-order valence-electron chi connectivity index (χ3n) is 3.40. The van der Waals surface area contributed by atoms with E-state index in [-0.39, 0.29) is 5.82 Å². The molecule has 0 bridgehead atoms. The van der Waals surface area contributed by atoms with E-state index >= 15 is 0 Å². The molecule has 0 aliphatic heterocycles. The van der Waals surface area contributed by atoms with E-state index < -0.39 is 0 Å². The Kier molecular flexibility index (Phi) is 4.25. The first-order valence-electron chi connectivity index (χ1n) is 7.23. The molecule has 0 atom stereocenters. The van der Waals surface area contributed by atoms with Crippen LogP contribution in [0.5, 0.6) is 0 Å². The second-order valence-electron chi connectivity index (χ2n) is 5.03. The average Bonchev–Trinajstić information content (AvgIpc) is 2.55. The van der Waals surface area contributed by atoms with Gasteiger partial charge in [-0.3, -0.25) is 4.98 Å². The average molecular weight is 296 g/mol. The number of aromatic nitrogens is 2. The van der Waals surface area contributed by atoms with Crippen LogP contribution < -0.4 is 11.1 Å². The van der Waals surface area contributed by atoms with Gasteiger partial charge in [0.15, 0.2) is 0 Å². The molecule has 0 saturated heterocycles. The Bertz CT molecular complexity index is 771. The molecule has 0 amide bonds. The van der Waals surface area contributed by atoms with Crippen LogP contribution in [0.25, 0.3) is 22.2 Å². The zero-order chi connectivity index (χ0) is 15.4. The second-order valence-corrected chi connectivity index (χ2v) is 5.03. The van der Waals surface area contributed by atoms with Crippen LogP contribution in [-0.2, 0) is 0 Å². The first-order chi connectivity index (χ1) is 10.8. The largest absolute Gasteiger partial charge is 0.370 e. The van der Waals surface area contributed by atoms with Crippen molar-refractivity contribution in [2.24, 2.45) is 5.73 Å². The molecule has 0 aliphatic rings. The first kappa shape index (κ1) is 14.4. The molecular formula is C17H17FN4. The van der Waals surface area contributed by atoms with Crippen LogP contribution in [0.3, 0.4) is 0 Å². The quantitative estimate of drug-likeness (QED) is 0.710. The minimum Gasteiger partial charge on any atom is -0.370 e. The van der Waals surface area contributed by atoms with E-state index in [1.807, 2.05) is 18.2 Å². The molecule has 4 nitrogen and oxygen atoms in total. The van der Waals surface area contributed by atoms with E-state index in [0.29, 0.717) is 6.54 Å². The van der Waals surface area contributed by atoms with E-state index in [0.717, 1.165) is 40.9 Å². The number of nitrogens with zero attached hydrogens (tertiary/aromatic N) is 2. The third kappa shape index (κ3) is 3.20. The second kappa shape index (κ2) is 6.49. The van der Waals surface area contributed by atoms with Gasteiger partial charge in [-0.2, -0.15) is 0 Å². The molecule has 0 fully saturated rings. The number of rotatable bonds is 5. The summed E-state index contributed by atoms with van der Waals surface area (Å²) >= 11 is 0. The Hall–Kier alpha value is -2.53. The van der Waals surface area contributed by atoms with Crippen molar-refractivity contribution in [3.8, 4) is 11.3 Å². The van der Waals surface area contributed by atoms with Gasteiger partial charge in [-0.15, -0.1) is 0 Å². The van der Waals surface area contributed by atoms with Gasteiger partial charge in [0.1, 0.15) is 11.6 Å². The Labute approximate surface area is 128 Å². The number of hydrogen-bond acceptors (Lipinski definition) is 4. The van der Waals surface area contributed by atoms with E-state index in [4.69, 9.17) is 5.73 Å². The maximum Gasteiger partial charge on any atom is 0.126 e. The van der Waals surface area contributed by atoms with Crippen LogP contribution in [0.2, 0.25) is 0 Å². The first-order valence-corrected chi connectivity index (χ1v) is 7.23. The lowest BCUT2D eigenvalue weighted by Crippen LogP contribution is -2.09. The van der Waals surface area contributed by atoms with Gasteiger partial charge >= 0.3 is 0 Å². The fourth-order valence-electron chi connectivity index (χ4n) is 2.21. The molecule has 0 unspecified atom stereocenters. The lowest BCUT2D eigenvalue weighted by atomic mass is 10.1. The summed E-state index contributed by atoms with van der Waals surface area (Å²) in [6.45, 7) is 1.45. The van der Waals surface area contributed by atoms with Gasteiger partial charge in [-0.1, -0.05) is 0 Å². The molecule has 0 spiro atoms. The van der Waals surface area contributed by atoms with Gasteiger partial charge < -0.3 is 11.1 Å². The minimum atomic E-state index is -0.256. The van der Waals surface area contributed by atoms with Gasteiger partial charge in [0.25, 0.3) is 0 Å². The van der Waals surface area contributed by atoms with Crippen molar-refractivity contribution in [2.75, 3.05) is 18.4 Å². The molecular weight excluding hydrogens is 279 g/mol. The van der Waals surface area contributed by atoms with Crippen molar-refractivity contribution in [1.82, 2.24) is 9.97 Å². The molecule has 3 N–H and O–H groups in total. The van der Waals surface area contributed by atoms with Crippen molar-refractivity contribution < 1.29 is 4.39 Å². The normalized spacial score (nSPS) is 10.8. The summed E-state index contributed by atoms with van der Waals surface area (Å²) in [6, 6.07) is 12.1. The molecule has 3 rings (SSSR count). The van der Waals surface area contributed by atoms with Gasteiger partial charge in [-0.25, -0.2) is 9.37 Å². The molecule has 0 radical (unpaired) electrons. The summed E-state index contributed by atoms with van der Waals surface area (Å²) in [6.07, 6.45) is 2.68. The highest BCUT2D eigenvalue weighted by Gasteiger charge is 2.04. The Balaban J connectivity index is 1.91. The Morgan fingerprint density at radius 2 is 1.91 bits per heavy atom. The lowest BCUT2D eigenvalue weighted by molar-refractivity contribution is 0.628. The standard InChI is InChI=1S/C17H17FN4/c18-14-5-2-12(3-6-14)15-10-16-13(11-21-15)4-7-17(22-16)20-9-1-8-19/h2-7,10-11H,1,8-9,19H2,(H,20,22). The maximum absolute atomic E-state index is 13.0. The highest BCUT2D eigenvalue weighted by molar-refractivity contribution is 5.83. The van der Waals surface area contributed by atoms with E-state index in [2.05, 4.69) is 15.3 Å². The number of fused-ring (bicyclic) bond motifs is 1. The maximum atomic E-state index is 13.0. The molecule has 2 aromatic heterocycles. The SMILES string of the molecule is NCCCNc1ccc2cnc(-c3ccc(F)cc3)cc2n1. The van der Waals surface area contributed by atoms with Gasteiger partial charge in [0.2, 0.25) is 0 Å².